The second kappa shape index (κ2) is 7.62. The minimum atomic E-state index is -0.898. The van der Waals surface area contributed by atoms with Gasteiger partial charge in [0.1, 0.15) is 6.04 Å². The molecular weight excluding hydrogens is 264 g/mol. The van der Waals surface area contributed by atoms with Crippen LogP contribution in [-0.4, -0.2) is 57.2 Å². The molecule has 2 amide bonds. The van der Waals surface area contributed by atoms with Gasteiger partial charge >= 0.3 is 12.0 Å². The molecule has 1 heterocycles. The number of thioether (sulfide) groups is 1. The van der Waals surface area contributed by atoms with Gasteiger partial charge in [-0.1, -0.05) is 20.8 Å². The summed E-state index contributed by atoms with van der Waals surface area (Å²) in [6.45, 7) is 7.43. The van der Waals surface area contributed by atoms with Gasteiger partial charge in [0.05, 0.1) is 5.37 Å². The molecule has 1 aliphatic heterocycles. The highest BCUT2D eigenvalue weighted by Crippen LogP contribution is 2.32. The normalized spacial score (nSPS) is 22.6. The molecule has 0 bridgehead atoms. The molecule has 19 heavy (non-hydrogen) atoms. The first-order chi connectivity index (χ1) is 9.06. The largest absolute Gasteiger partial charge is 0.480 e. The Morgan fingerprint density at radius 1 is 1.26 bits per heavy atom. The topological polar surface area (TPSA) is 60.9 Å². The molecule has 110 valence electrons. The maximum Gasteiger partial charge on any atom is 0.327 e. The van der Waals surface area contributed by atoms with Gasteiger partial charge in [0.2, 0.25) is 0 Å². The summed E-state index contributed by atoms with van der Waals surface area (Å²) >= 11 is 1.57. The summed E-state index contributed by atoms with van der Waals surface area (Å²) in [6.07, 6.45) is 2.56. The summed E-state index contributed by atoms with van der Waals surface area (Å²) in [4.78, 5) is 27.2. The molecule has 0 radical (unpaired) electrons. The van der Waals surface area contributed by atoms with Crippen molar-refractivity contribution < 1.29 is 14.7 Å². The van der Waals surface area contributed by atoms with Crippen molar-refractivity contribution in [2.45, 2.75) is 51.4 Å². The minimum Gasteiger partial charge on any atom is -0.480 e. The highest BCUT2D eigenvalue weighted by molar-refractivity contribution is 8.00. The first-order valence-corrected chi connectivity index (χ1v) is 8.03. The van der Waals surface area contributed by atoms with Crippen LogP contribution < -0.4 is 0 Å². The van der Waals surface area contributed by atoms with E-state index in [0.29, 0.717) is 18.8 Å². The first-order valence-electron chi connectivity index (χ1n) is 6.98. The first kappa shape index (κ1) is 16.1. The van der Waals surface area contributed by atoms with E-state index in [1.807, 2.05) is 20.8 Å². The Morgan fingerprint density at radius 3 is 2.26 bits per heavy atom. The maximum absolute atomic E-state index is 12.6. The van der Waals surface area contributed by atoms with E-state index in [2.05, 4.69) is 0 Å². The zero-order valence-corrected chi connectivity index (χ0v) is 12.8. The lowest BCUT2D eigenvalue weighted by atomic mass is 10.2. The van der Waals surface area contributed by atoms with E-state index >= 15 is 0 Å². The van der Waals surface area contributed by atoms with Crippen molar-refractivity contribution in [2.75, 3.05) is 18.8 Å². The van der Waals surface area contributed by atoms with Crippen molar-refractivity contribution >= 4 is 23.8 Å². The number of nitrogens with zero attached hydrogens (tertiary/aromatic N) is 2. The van der Waals surface area contributed by atoms with Gasteiger partial charge in [-0.15, -0.1) is 11.8 Å². The van der Waals surface area contributed by atoms with Crippen molar-refractivity contribution in [1.82, 2.24) is 9.80 Å². The third-order valence-corrected chi connectivity index (χ3v) is 4.66. The smallest absolute Gasteiger partial charge is 0.327 e. The summed E-state index contributed by atoms with van der Waals surface area (Å²) in [7, 11) is 0. The van der Waals surface area contributed by atoms with E-state index in [1.165, 1.54) is 0 Å². The summed E-state index contributed by atoms with van der Waals surface area (Å²) in [6, 6.07) is -0.799. The van der Waals surface area contributed by atoms with Gasteiger partial charge in [-0.05, 0) is 19.3 Å². The average molecular weight is 288 g/mol. The fourth-order valence-corrected chi connectivity index (χ4v) is 3.67. The molecular formula is C13H24N2O3S. The molecule has 0 aromatic carbocycles. The van der Waals surface area contributed by atoms with Crippen LogP contribution in [0.2, 0.25) is 0 Å². The van der Waals surface area contributed by atoms with Gasteiger partial charge in [0, 0.05) is 18.8 Å². The van der Waals surface area contributed by atoms with Gasteiger partial charge in [0.15, 0.2) is 0 Å². The zero-order valence-electron chi connectivity index (χ0n) is 12.0. The van der Waals surface area contributed by atoms with Crippen LogP contribution in [0.25, 0.3) is 0 Å². The van der Waals surface area contributed by atoms with Crippen LogP contribution in [0.15, 0.2) is 0 Å². The van der Waals surface area contributed by atoms with Crippen LogP contribution in [-0.2, 0) is 4.79 Å². The molecule has 2 atom stereocenters. The molecule has 0 aromatic heterocycles. The molecule has 1 rings (SSSR count). The van der Waals surface area contributed by atoms with Gasteiger partial charge in [-0.25, -0.2) is 9.59 Å². The van der Waals surface area contributed by atoms with Crippen molar-refractivity contribution in [3.63, 3.8) is 0 Å². The highest BCUT2D eigenvalue weighted by atomic mass is 32.2. The second-order valence-electron chi connectivity index (χ2n) is 4.73. The fourth-order valence-electron chi connectivity index (χ4n) is 2.33. The fraction of sp³-hybridized carbons (Fsp3) is 0.846. The van der Waals surface area contributed by atoms with Crippen LogP contribution in [0, 0.1) is 0 Å². The lowest BCUT2D eigenvalue weighted by Gasteiger charge is -2.33. The van der Waals surface area contributed by atoms with E-state index in [4.69, 9.17) is 0 Å². The number of carboxylic acids is 1. The van der Waals surface area contributed by atoms with Gasteiger partial charge in [0.25, 0.3) is 0 Å². The number of hydrogen-bond acceptors (Lipinski definition) is 3. The van der Waals surface area contributed by atoms with Crippen molar-refractivity contribution in [2.24, 2.45) is 0 Å². The molecule has 6 heteroatoms. The van der Waals surface area contributed by atoms with Crippen LogP contribution in [0.5, 0.6) is 0 Å². The standard InChI is InChI=1S/C13H24N2O3S/c1-4-7-14(8-5-2)13(18)15-10(12(16)17)9-19-11(15)6-3/h10-11H,4-9H2,1-3H3,(H,16,17). The van der Waals surface area contributed by atoms with Crippen LogP contribution in [0.4, 0.5) is 4.79 Å². The van der Waals surface area contributed by atoms with E-state index < -0.39 is 12.0 Å². The molecule has 0 spiro atoms. The van der Waals surface area contributed by atoms with Gasteiger partial charge in [-0.3, -0.25) is 4.90 Å². The number of carboxylic acid groups (broad SMARTS) is 1. The van der Waals surface area contributed by atoms with Crippen LogP contribution >= 0.6 is 11.8 Å². The Balaban J connectivity index is 2.86. The Hall–Kier alpha value is -0.910. The average Bonchev–Trinajstić information content (AvgIpc) is 2.81. The molecule has 1 fully saturated rings. The Morgan fingerprint density at radius 2 is 1.84 bits per heavy atom. The molecule has 5 nitrogen and oxygen atoms in total. The van der Waals surface area contributed by atoms with E-state index in [0.717, 1.165) is 19.3 Å². The molecule has 0 saturated carbocycles. The third kappa shape index (κ3) is 3.78. The number of rotatable bonds is 6. The summed E-state index contributed by atoms with van der Waals surface area (Å²) in [5.74, 6) is -0.407. The number of carbonyl (C=O) groups is 2. The molecule has 2 unspecified atom stereocenters. The summed E-state index contributed by atoms with van der Waals surface area (Å²) in [5, 5.41) is 9.25. The Bertz CT molecular complexity index is 319. The summed E-state index contributed by atoms with van der Waals surface area (Å²) < 4.78 is 0. The molecule has 1 N–H and O–H groups in total. The molecule has 0 aliphatic carbocycles. The molecule has 1 saturated heterocycles. The Labute approximate surface area is 119 Å². The van der Waals surface area contributed by atoms with E-state index in [9.17, 15) is 14.7 Å². The van der Waals surface area contributed by atoms with Crippen LogP contribution in [0.3, 0.4) is 0 Å². The van der Waals surface area contributed by atoms with Crippen LogP contribution in [0.1, 0.15) is 40.0 Å². The van der Waals surface area contributed by atoms with Gasteiger partial charge in [-0.2, -0.15) is 0 Å². The zero-order chi connectivity index (χ0) is 14.4. The van der Waals surface area contributed by atoms with E-state index in [-0.39, 0.29) is 11.4 Å². The van der Waals surface area contributed by atoms with E-state index in [1.54, 1.807) is 21.6 Å². The quantitative estimate of drug-likeness (QED) is 0.815. The number of amides is 2. The molecule has 0 aromatic rings. The third-order valence-electron chi connectivity index (χ3n) is 3.21. The predicted octanol–water partition coefficient (Wildman–Crippen LogP) is 2.47. The minimum absolute atomic E-state index is 0.00943. The molecule has 1 aliphatic rings. The number of aliphatic carboxylic acids is 1. The number of carbonyl (C=O) groups excluding carboxylic acids is 1. The Kier molecular flexibility index (Phi) is 6.48. The predicted molar refractivity (Wildman–Crippen MR) is 77.4 cm³/mol. The summed E-state index contributed by atoms with van der Waals surface area (Å²) in [5.41, 5.74) is 0. The van der Waals surface area contributed by atoms with Crippen molar-refractivity contribution in [3.05, 3.63) is 0 Å². The monoisotopic (exact) mass is 288 g/mol. The lowest BCUT2D eigenvalue weighted by Crippen LogP contribution is -2.51. The SMILES string of the molecule is CCCN(CCC)C(=O)N1C(CC)SCC1C(=O)O. The lowest BCUT2D eigenvalue weighted by molar-refractivity contribution is -0.141. The number of urea groups is 1. The highest BCUT2D eigenvalue weighted by Gasteiger charge is 2.42. The van der Waals surface area contributed by atoms with Crippen molar-refractivity contribution in [3.8, 4) is 0 Å². The second-order valence-corrected chi connectivity index (χ2v) is 5.94. The number of hydrogen-bond donors (Lipinski definition) is 1. The van der Waals surface area contributed by atoms with Gasteiger partial charge < -0.3 is 10.0 Å². The van der Waals surface area contributed by atoms with Crippen molar-refractivity contribution in [1.29, 1.82) is 0 Å². The maximum atomic E-state index is 12.6.